The van der Waals surface area contributed by atoms with E-state index in [9.17, 15) is 40.3 Å². The standard InChI is InChI=1S/C18H12F7NO3/c1-29-17(28)9-4-2-3-8(7-9)5-6-10(27)26-16-14(21)12(19)11(18(23,24)25)13(20)15(16)22/h2-4,7H,5-6H2,1H3,(H,26,27). The van der Waals surface area contributed by atoms with Crippen LogP contribution in [0.4, 0.5) is 36.4 Å². The molecular formula is C18H12F7NO3. The summed E-state index contributed by atoms with van der Waals surface area (Å²) in [7, 11) is 1.16. The van der Waals surface area contributed by atoms with E-state index in [2.05, 4.69) is 4.74 Å². The third kappa shape index (κ3) is 4.84. The predicted molar refractivity (Wildman–Crippen MR) is 86.0 cm³/mol. The quantitative estimate of drug-likeness (QED) is 0.434. The molecule has 2 rings (SSSR count). The Bertz CT molecular complexity index is 928. The molecule has 2 aromatic rings. The maximum Gasteiger partial charge on any atom is 0.422 e. The number of benzene rings is 2. The lowest BCUT2D eigenvalue weighted by atomic mass is 10.1. The molecule has 0 aliphatic heterocycles. The van der Waals surface area contributed by atoms with Crippen molar-refractivity contribution in [2.75, 3.05) is 12.4 Å². The second-order valence-electron chi connectivity index (χ2n) is 5.74. The average Bonchev–Trinajstić information content (AvgIpc) is 2.66. The Morgan fingerprint density at radius 2 is 1.59 bits per heavy atom. The highest BCUT2D eigenvalue weighted by Gasteiger charge is 2.42. The van der Waals surface area contributed by atoms with Crippen LogP contribution in [0.5, 0.6) is 0 Å². The van der Waals surface area contributed by atoms with E-state index in [1.54, 1.807) is 0 Å². The van der Waals surface area contributed by atoms with Crippen LogP contribution in [0.1, 0.15) is 27.9 Å². The molecule has 0 radical (unpaired) electrons. The van der Waals surface area contributed by atoms with Crippen molar-refractivity contribution in [3.63, 3.8) is 0 Å². The molecule has 0 aliphatic rings. The lowest BCUT2D eigenvalue weighted by Crippen LogP contribution is -2.20. The molecule has 0 aromatic heterocycles. The molecule has 0 saturated carbocycles. The van der Waals surface area contributed by atoms with Gasteiger partial charge < -0.3 is 10.1 Å². The molecule has 0 unspecified atom stereocenters. The number of alkyl halides is 3. The first kappa shape index (κ1) is 22.2. The van der Waals surface area contributed by atoms with Gasteiger partial charge in [0.1, 0.15) is 11.3 Å². The Kier molecular flexibility index (Phi) is 6.50. The predicted octanol–water partition coefficient (Wildman–Crippen LogP) is 4.62. The molecule has 156 valence electrons. The van der Waals surface area contributed by atoms with Gasteiger partial charge in [-0.15, -0.1) is 0 Å². The lowest BCUT2D eigenvalue weighted by molar-refractivity contribution is -0.143. The third-order valence-electron chi connectivity index (χ3n) is 3.80. The molecule has 0 heterocycles. The van der Waals surface area contributed by atoms with Gasteiger partial charge in [-0.2, -0.15) is 13.2 Å². The number of esters is 1. The minimum atomic E-state index is -5.68. The molecule has 4 nitrogen and oxygen atoms in total. The number of nitrogens with one attached hydrogen (secondary N) is 1. The van der Waals surface area contributed by atoms with Gasteiger partial charge in [0, 0.05) is 6.42 Å². The van der Waals surface area contributed by atoms with Crippen LogP contribution in [-0.2, 0) is 22.1 Å². The first-order valence-electron chi connectivity index (χ1n) is 7.87. The smallest absolute Gasteiger partial charge is 0.422 e. The van der Waals surface area contributed by atoms with E-state index in [0.717, 1.165) is 7.11 Å². The van der Waals surface area contributed by atoms with Crippen molar-refractivity contribution in [2.24, 2.45) is 0 Å². The molecule has 11 heteroatoms. The van der Waals surface area contributed by atoms with E-state index in [0.29, 0.717) is 5.56 Å². The Labute approximate surface area is 159 Å². The molecule has 1 N–H and O–H groups in total. The Morgan fingerprint density at radius 1 is 1.00 bits per heavy atom. The molecule has 1 amide bonds. The number of amides is 1. The number of anilines is 1. The summed E-state index contributed by atoms with van der Waals surface area (Å²) in [6.07, 6.45) is -6.18. The van der Waals surface area contributed by atoms with Gasteiger partial charge in [0.05, 0.1) is 12.7 Å². The highest BCUT2D eigenvalue weighted by Crippen LogP contribution is 2.38. The number of hydrogen-bond donors (Lipinski definition) is 1. The Balaban J connectivity index is 2.19. The van der Waals surface area contributed by atoms with Crippen molar-refractivity contribution < 1.29 is 45.1 Å². The molecule has 29 heavy (non-hydrogen) atoms. The first-order valence-corrected chi connectivity index (χ1v) is 7.87. The summed E-state index contributed by atoms with van der Waals surface area (Å²) in [6, 6.07) is 5.84. The van der Waals surface area contributed by atoms with Crippen LogP contribution in [-0.4, -0.2) is 19.0 Å². The minimum absolute atomic E-state index is 0.0501. The van der Waals surface area contributed by atoms with Gasteiger partial charge in [-0.05, 0) is 24.1 Å². The number of aryl methyl sites for hydroxylation is 1. The zero-order valence-corrected chi connectivity index (χ0v) is 14.6. The summed E-state index contributed by atoms with van der Waals surface area (Å²) in [5.74, 6) is -11.9. The van der Waals surface area contributed by atoms with Crippen LogP contribution in [0.25, 0.3) is 0 Å². The third-order valence-corrected chi connectivity index (χ3v) is 3.80. The van der Waals surface area contributed by atoms with Crippen molar-refractivity contribution in [1.82, 2.24) is 0 Å². The van der Waals surface area contributed by atoms with E-state index in [4.69, 9.17) is 0 Å². The fraction of sp³-hybridized carbons (Fsp3) is 0.222. The van der Waals surface area contributed by atoms with Gasteiger partial charge in [-0.1, -0.05) is 12.1 Å². The summed E-state index contributed by atoms with van der Waals surface area (Å²) in [5.41, 5.74) is -3.77. The fourth-order valence-corrected chi connectivity index (χ4v) is 2.42. The van der Waals surface area contributed by atoms with Crippen LogP contribution >= 0.6 is 0 Å². The first-order chi connectivity index (χ1) is 13.5. The van der Waals surface area contributed by atoms with Crippen LogP contribution < -0.4 is 5.32 Å². The van der Waals surface area contributed by atoms with E-state index in [1.165, 1.54) is 29.6 Å². The maximum atomic E-state index is 13.8. The summed E-state index contributed by atoms with van der Waals surface area (Å²) >= 11 is 0. The van der Waals surface area contributed by atoms with Gasteiger partial charge in [-0.25, -0.2) is 22.4 Å². The van der Waals surface area contributed by atoms with Crippen LogP contribution in [0.15, 0.2) is 24.3 Å². The number of carbonyl (C=O) groups is 2. The summed E-state index contributed by atoms with van der Waals surface area (Å²) in [5, 5.41) is 1.53. The number of halogens is 7. The van der Waals surface area contributed by atoms with E-state index in [-0.39, 0.29) is 12.0 Å². The van der Waals surface area contributed by atoms with Crippen molar-refractivity contribution in [1.29, 1.82) is 0 Å². The average molecular weight is 423 g/mol. The molecule has 0 aliphatic carbocycles. The molecule has 0 spiro atoms. The van der Waals surface area contributed by atoms with Gasteiger partial charge >= 0.3 is 12.1 Å². The number of ether oxygens (including phenoxy) is 1. The Hall–Kier alpha value is -3.11. The normalized spacial score (nSPS) is 11.3. The highest BCUT2D eigenvalue weighted by molar-refractivity contribution is 5.91. The summed E-state index contributed by atoms with van der Waals surface area (Å²) in [4.78, 5) is 23.3. The van der Waals surface area contributed by atoms with E-state index in [1.807, 2.05) is 0 Å². The Morgan fingerprint density at radius 3 is 2.10 bits per heavy atom. The van der Waals surface area contributed by atoms with Crippen LogP contribution in [0.2, 0.25) is 0 Å². The van der Waals surface area contributed by atoms with E-state index < -0.39 is 59.0 Å². The van der Waals surface area contributed by atoms with Gasteiger partial charge in [-0.3, -0.25) is 4.79 Å². The number of methoxy groups -OCH3 is 1. The van der Waals surface area contributed by atoms with Crippen LogP contribution in [0, 0.1) is 23.3 Å². The topological polar surface area (TPSA) is 55.4 Å². The van der Waals surface area contributed by atoms with Crippen molar-refractivity contribution in [3.05, 3.63) is 64.2 Å². The second kappa shape index (κ2) is 8.50. The largest absolute Gasteiger partial charge is 0.465 e. The van der Waals surface area contributed by atoms with Gasteiger partial charge in [0.25, 0.3) is 0 Å². The SMILES string of the molecule is COC(=O)c1cccc(CCC(=O)Nc2c(F)c(F)c(C(F)(F)F)c(F)c2F)c1. The number of hydrogen-bond acceptors (Lipinski definition) is 3. The van der Waals surface area contributed by atoms with Gasteiger partial charge in [0.15, 0.2) is 23.3 Å². The second-order valence-corrected chi connectivity index (χ2v) is 5.74. The van der Waals surface area contributed by atoms with Crippen molar-refractivity contribution in [2.45, 2.75) is 19.0 Å². The molecule has 0 atom stereocenters. The minimum Gasteiger partial charge on any atom is -0.465 e. The monoisotopic (exact) mass is 423 g/mol. The lowest BCUT2D eigenvalue weighted by Gasteiger charge is -2.14. The van der Waals surface area contributed by atoms with Crippen molar-refractivity contribution >= 4 is 17.6 Å². The zero-order valence-electron chi connectivity index (χ0n) is 14.6. The number of carbonyl (C=O) groups excluding carboxylic acids is 2. The van der Waals surface area contributed by atoms with Crippen molar-refractivity contribution in [3.8, 4) is 0 Å². The van der Waals surface area contributed by atoms with Gasteiger partial charge in [0.2, 0.25) is 5.91 Å². The molecule has 0 saturated heterocycles. The molecule has 0 bridgehead atoms. The summed E-state index contributed by atoms with van der Waals surface area (Å²) in [6.45, 7) is 0. The molecular weight excluding hydrogens is 411 g/mol. The van der Waals surface area contributed by atoms with Crippen LogP contribution in [0.3, 0.4) is 0 Å². The number of rotatable bonds is 5. The summed E-state index contributed by atoms with van der Waals surface area (Å²) < 4.78 is 96.9. The fourth-order valence-electron chi connectivity index (χ4n) is 2.42. The zero-order chi connectivity index (χ0) is 21.9. The van der Waals surface area contributed by atoms with E-state index >= 15 is 0 Å². The molecule has 2 aromatic carbocycles. The molecule has 0 fully saturated rings. The highest BCUT2D eigenvalue weighted by atomic mass is 19.4. The maximum absolute atomic E-state index is 13.8.